The zero-order valence-corrected chi connectivity index (χ0v) is 19.2. The van der Waals surface area contributed by atoms with Gasteiger partial charge in [0.1, 0.15) is 11.5 Å². The monoisotopic (exact) mass is 495 g/mol. The summed E-state index contributed by atoms with van der Waals surface area (Å²) >= 11 is 3.62. The predicted octanol–water partition coefficient (Wildman–Crippen LogP) is 6.55. The molecule has 6 nitrogen and oxygen atoms in total. The molecule has 6 aromatic rings. The number of hydrogen-bond donors (Lipinski definition) is 1. The lowest BCUT2D eigenvalue weighted by atomic mass is 9.95. The molecule has 160 valence electrons. The molecular formula is C26H18BrN5O. The molecular weight excluding hydrogens is 478 g/mol. The maximum absolute atomic E-state index is 6.76. The highest BCUT2D eigenvalue weighted by molar-refractivity contribution is 9.10. The number of fused-ring (bicyclic) bond motifs is 2. The number of halogens is 1. The second-order valence-electron chi connectivity index (χ2n) is 7.82. The van der Waals surface area contributed by atoms with Gasteiger partial charge in [0.05, 0.1) is 22.3 Å². The smallest absolute Gasteiger partial charge is 0.259 e. The molecule has 0 saturated heterocycles. The van der Waals surface area contributed by atoms with Gasteiger partial charge in [-0.1, -0.05) is 69.6 Å². The van der Waals surface area contributed by atoms with Crippen LogP contribution in [0.1, 0.15) is 5.69 Å². The highest BCUT2D eigenvalue weighted by Gasteiger charge is 2.25. The molecule has 0 radical (unpaired) electrons. The molecule has 0 atom stereocenters. The molecule has 0 fully saturated rings. The number of para-hydroxylation sites is 1. The van der Waals surface area contributed by atoms with Crippen LogP contribution in [0.15, 0.2) is 87.9 Å². The molecule has 0 aliphatic rings. The van der Waals surface area contributed by atoms with Crippen molar-refractivity contribution in [1.29, 1.82) is 0 Å². The van der Waals surface area contributed by atoms with E-state index in [1.807, 2.05) is 79.7 Å². The Balaban J connectivity index is 1.76. The van der Waals surface area contributed by atoms with Crippen molar-refractivity contribution in [2.75, 3.05) is 5.73 Å². The van der Waals surface area contributed by atoms with Gasteiger partial charge in [-0.15, -0.1) is 0 Å². The average Bonchev–Trinajstić information content (AvgIpc) is 3.39. The maximum Gasteiger partial charge on any atom is 0.259 e. The third kappa shape index (κ3) is 3.12. The minimum absolute atomic E-state index is 0.463. The Labute approximate surface area is 197 Å². The van der Waals surface area contributed by atoms with Crippen LogP contribution in [0, 0.1) is 6.92 Å². The van der Waals surface area contributed by atoms with Crippen molar-refractivity contribution in [2.45, 2.75) is 6.92 Å². The van der Waals surface area contributed by atoms with Crippen LogP contribution in [0.4, 0.5) is 5.82 Å². The first kappa shape index (κ1) is 19.7. The number of aromatic nitrogens is 4. The summed E-state index contributed by atoms with van der Waals surface area (Å²) in [4.78, 5) is 4.76. The number of hydrogen-bond acceptors (Lipinski definition) is 5. The van der Waals surface area contributed by atoms with Gasteiger partial charge in [0, 0.05) is 26.5 Å². The lowest BCUT2D eigenvalue weighted by molar-refractivity contribution is 0.452. The van der Waals surface area contributed by atoms with Gasteiger partial charge >= 0.3 is 0 Å². The SMILES string of the molecule is Cc1nn(-c2ccccc2)c(N)c1-c1c2cc(Br)ccc2nc2onc(-c3ccccc3)c12. The predicted molar refractivity (Wildman–Crippen MR) is 134 cm³/mol. The summed E-state index contributed by atoms with van der Waals surface area (Å²) in [6.45, 7) is 1.97. The van der Waals surface area contributed by atoms with Crippen molar-refractivity contribution in [2.24, 2.45) is 0 Å². The number of anilines is 1. The number of nitrogens with zero attached hydrogens (tertiary/aromatic N) is 4. The molecule has 0 spiro atoms. The maximum atomic E-state index is 6.76. The zero-order chi connectivity index (χ0) is 22.5. The third-order valence-electron chi connectivity index (χ3n) is 5.77. The highest BCUT2D eigenvalue weighted by Crippen LogP contribution is 2.44. The van der Waals surface area contributed by atoms with Gasteiger partial charge in [-0.05, 0) is 37.3 Å². The van der Waals surface area contributed by atoms with Gasteiger partial charge in [0.2, 0.25) is 0 Å². The summed E-state index contributed by atoms with van der Waals surface area (Å²) in [5, 5.41) is 11.0. The molecule has 3 aromatic carbocycles. The van der Waals surface area contributed by atoms with E-state index in [-0.39, 0.29) is 0 Å². The summed E-state index contributed by atoms with van der Waals surface area (Å²) < 4.78 is 8.45. The van der Waals surface area contributed by atoms with Gasteiger partial charge in [0.15, 0.2) is 0 Å². The van der Waals surface area contributed by atoms with Crippen molar-refractivity contribution in [3.63, 3.8) is 0 Å². The fourth-order valence-corrected chi connectivity index (χ4v) is 4.67. The zero-order valence-electron chi connectivity index (χ0n) is 17.7. The van der Waals surface area contributed by atoms with Gasteiger partial charge in [-0.25, -0.2) is 9.67 Å². The number of aryl methyl sites for hydroxylation is 1. The van der Waals surface area contributed by atoms with Crippen molar-refractivity contribution in [3.05, 3.63) is 89.0 Å². The topological polar surface area (TPSA) is 82.8 Å². The van der Waals surface area contributed by atoms with Crippen molar-refractivity contribution >= 4 is 43.8 Å². The van der Waals surface area contributed by atoms with E-state index in [9.17, 15) is 0 Å². The Morgan fingerprint density at radius 1 is 0.909 bits per heavy atom. The summed E-state index contributed by atoms with van der Waals surface area (Å²) in [5.74, 6) is 0.549. The van der Waals surface area contributed by atoms with Gasteiger partial charge in [0.25, 0.3) is 5.71 Å². The van der Waals surface area contributed by atoms with Gasteiger partial charge < -0.3 is 10.3 Å². The van der Waals surface area contributed by atoms with E-state index >= 15 is 0 Å². The number of rotatable bonds is 3. The van der Waals surface area contributed by atoms with Crippen LogP contribution >= 0.6 is 15.9 Å². The normalized spacial score (nSPS) is 11.5. The summed E-state index contributed by atoms with van der Waals surface area (Å²) in [7, 11) is 0. The van der Waals surface area contributed by atoms with Crippen LogP contribution in [0.2, 0.25) is 0 Å². The van der Waals surface area contributed by atoms with Gasteiger partial charge in [-0.3, -0.25) is 0 Å². The molecule has 6 rings (SSSR count). The Kier molecular flexibility index (Phi) is 4.52. The first-order valence-corrected chi connectivity index (χ1v) is 11.3. The summed E-state index contributed by atoms with van der Waals surface area (Å²) in [6.07, 6.45) is 0. The number of nitrogen functional groups attached to an aromatic ring is 1. The molecule has 0 amide bonds. The number of nitrogens with two attached hydrogens (primary N) is 1. The second kappa shape index (κ2) is 7.56. The fourth-order valence-electron chi connectivity index (χ4n) is 4.31. The molecule has 3 aromatic heterocycles. The van der Waals surface area contributed by atoms with Crippen LogP contribution in [-0.2, 0) is 0 Å². The van der Waals surface area contributed by atoms with Crippen LogP contribution in [0.25, 0.3) is 50.1 Å². The summed E-state index contributed by atoms with van der Waals surface area (Å²) in [5.41, 5.74) is 13.1. The fraction of sp³-hybridized carbons (Fsp3) is 0.0385. The van der Waals surface area contributed by atoms with Crippen LogP contribution in [0.3, 0.4) is 0 Å². The van der Waals surface area contributed by atoms with E-state index in [4.69, 9.17) is 20.3 Å². The van der Waals surface area contributed by atoms with E-state index in [2.05, 4.69) is 27.2 Å². The van der Waals surface area contributed by atoms with E-state index in [1.165, 1.54) is 0 Å². The van der Waals surface area contributed by atoms with Crippen molar-refractivity contribution in [1.82, 2.24) is 19.9 Å². The minimum atomic E-state index is 0.463. The van der Waals surface area contributed by atoms with E-state index < -0.39 is 0 Å². The van der Waals surface area contributed by atoms with Crippen molar-refractivity contribution in [3.8, 4) is 28.1 Å². The highest BCUT2D eigenvalue weighted by atomic mass is 79.9. The second-order valence-corrected chi connectivity index (χ2v) is 8.73. The Morgan fingerprint density at radius 2 is 1.64 bits per heavy atom. The Hall–Kier alpha value is -3.97. The standard InChI is InChI=1S/C26H18BrN5O/c1-15-21(25(28)32(30-15)18-10-6-3-7-11-18)22-19-14-17(27)12-13-20(19)29-26-23(22)24(31-33-26)16-8-4-2-5-9-16/h2-14H,28H2,1H3. The average molecular weight is 496 g/mol. The molecule has 0 unspecified atom stereocenters. The third-order valence-corrected chi connectivity index (χ3v) is 6.26. The molecule has 33 heavy (non-hydrogen) atoms. The Morgan fingerprint density at radius 3 is 2.39 bits per heavy atom. The number of pyridine rings is 1. The van der Waals surface area contributed by atoms with Crippen LogP contribution < -0.4 is 5.73 Å². The summed E-state index contributed by atoms with van der Waals surface area (Å²) in [6, 6.07) is 25.8. The first-order chi connectivity index (χ1) is 16.1. The molecule has 0 bridgehead atoms. The first-order valence-electron chi connectivity index (χ1n) is 10.5. The van der Waals surface area contributed by atoms with E-state index in [0.717, 1.165) is 54.5 Å². The quantitative estimate of drug-likeness (QED) is 0.301. The van der Waals surface area contributed by atoms with Crippen molar-refractivity contribution < 1.29 is 4.52 Å². The molecule has 2 N–H and O–H groups in total. The molecule has 3 heterocycles. The van der Waals surface area contributed by atoms with Gasteiger partial charge in [-0.2, -0.15) is 5.10 Å². The number of benzene rings is 3. The molecule has 7 heteroatoms. The Bertz CT molecular complexity index is 1640. The molecule has 0 aliphatic heterocycles. The lowest BCUT2D eigenvalue weighted by Crippen LogP contribution is -2.02. The minimum Gasteiger partial charge on any atom is -0.383 e. The van der Waals surface area contributed by atoms with Crippen LogP contribution in [-0.4, -0.2) is 19.9 Å². The lowest BCUT2D eigenvalue weighted by Gasteiger charge is -2.11. The molecule has 0 saturated carbocycles. The van der Waals surface area contributed by atoms with E-state index in [0.29, 0.717) is 11.5 Å². The van der Waals surface area contributed by atoms with E-state index in [1.54, 1.807) is 4.68 Å². The molecule has 0 aliphatic carbocycles. The largest absolute Gasteiger partial charge is 0.383 e. The van der Waals surface area contributed by atoms with Crippen LogP contribution in [0.5, 0.6) is 0 Å².